The zero-order valence-electron chi connectivity index (χ0n) is 13.4. The Morgan fingerprint density at radius 3 is 1.94 bits per heavy atom. The highest BCUT2D eigenvalue weighted by Crippen LogP contribution is 2.34. The van der Waals surface area contributed by atoms with Gasteiger partial charge in [-0.3, -0.25) is 0 Å². The highest BCUT2D eigenvalue weighted by atomic mass is 14.3. The van der Waals surface area contributed by atoms with Gasteiger partial charge in [0.1, 0.15) is 0 Å². The molecule has 17 heavy (non-hydrogen) atoms. The Morgan fingerprint density at radius 2 is 1.65 bits per heavy atom. The molecule has 0 N–H and O–H groups in total. The smallest absolute Gasteiger partial charge is 0.0379 e. The third-order valence-corrected chi connectivity index (χ3v) is 3.62. The number of hydrogen-bond acceptors (Lipinski definition) is 0. The minimum Gasteiger partial charge on any atom is -0.0917 e. The maximum atomic E-state index is 2.42. The Balaban J connectivity index is 0. The highest BCUT2D eigenvalue weighted by molar-refractivity contribution is 4.74. The molecule has 3 atom stereocenters. The quantitative estimate of drug-likeness (QED) is 0.485. The van der Waals surface area contributed by atoms with Gasteiger partial charge in [-0.15, -0.1) is 0 Å². The Kier molecular flexibility index (Phi) is 15.5. The van der Waals surface area contributed by atoms with Crippen molar-refractivity contribution in [3.05, 3.63) is 12.2 Å². The van der Waals surface area contributed by atoms with Crippen molar-refractivity contribution in [2.75, 3.05) is 0 Å². The lowest BCUT2D eigenvalue weighted by atomic mass is 9.74. The van der Waals surface area contributed by atoms with Crippen LogP contribution in [0.1, 0.15) is 80.6 Å². The van der Waals surface area contributed by atoms with Crippen LogP contribution in [0, 0.1) is 17.8 Å². The van der Waals surface area contributed by atoms with Gasteiger partial charge < -0.3 is 0 Å². The van der Waals surface area contributed by atoms with Crippen molar-refractivity contribution < 1.29 is 0 Å². The van der Waals surface area contributed by atoms with E-state index in [4.69, 9.17) is 0 Å². The van der Waals surface area contributed by atoms with E-state index in [2.05, 4.69) is 39.8 Å². The van der Waals surface area contributed by atoms with Crippen LogP contribution in [0.15, 0.2) is 12.2 Å². The van der Waals surface area contributed by atoms with Gasteiger partial charge in [-0.25, -0.2) is 0 Å². The summed E-state index contributed by atoms with van der Waals surface area (Å²) in [5.41, 5.74) is 0. The van der Waals surface area contributed by atoms with Crippen LogP contribution < -0.4 is 0 Å². The third kappa shape index (κ3) is 10.6. The van der Waals surface area contributed by atoms with Crippen molar-refractivity contribution >= 4 is 0 Å². The molecule has 0 radical (unpaired) electrons. The third-order valence-electron chi connectivity index (χ3n) is 3.62. The molecule has 0 spiro atoms. The molecule has 1 rings (SSSR count). The fourth-order valence-corrected chi connectivity index (χ4v) is 2.45. The Morgan fingerprint density at radius 1 is 1.06 bits per heavy atom. The Bertz CT molecular complexity index is 157. The summed E-state index contributed by atoms with van der Waals surface area (Å²) in [5.74, 6) is 3.03. The maximum absolute atomic E-state index is 2.42. The second-order valence-corrected chi connectivity index (χ2v) is 5.04. The molecule has 104 valence electrons. The molecule has 0 heterocycles. The normalized spacial score (nSPS) is 27.8. The van der Waals surface area contributed by atoms with Gasteiger partial charge in [0.25, 0.3) is 0 Å². The Hall–Kier alpha value is -0.260. The summed E-state index contributed by atoms with van der Waals surface area (Å²) in [4.78, 5) is 0. The van der Waals surface area contributed by atoms with E-state index in [1.807, 2.05) is 20.8 Å². The molecular weight excluding hydrogens is 204 g/mol. The van der Waals surface area contributed by atoms with Crippen molar-refractivity contribution in [3.8, 4) is 0 Å². The first kappa shape index (κ1) is 19.1. The van der Waals surface area contributed by atoms with E-state index >= 15 is 0 Å². The van der Waals surface area contributed by atoms with Crippen molar-refractivity contribution in [1.82, 2.24) is 0 Å². The molecule has 3 unspecified atom stereocenters. The van der Waals surface area contributed by atoms with E-state index in [1.165, 1.54) is 25.7 Å². The molecule has 1 aliphatic rings. The van der Waals surface area contributed by atoms with Crippen LogP contribution in [0.2, 0.25) is 0 Å². The number of rotatable bonds is 2. The first-order chi connectivity index (χ1) is 8.15. The largest absolute Gasteiger partial charge is 0.0917 e. The second kappa shape index (κ2) is 13.8. The van der Waals surface area contributed by atoms with Crippen LogP contribution in [0.3, 0.4) is 0 Å². The molecule has 0 bridgehead atoms. The predicted molar refractivity (Wildman–Crippen MR) is 82.4 cm³/mol. The molecule has 1 saturated carbocycles. The van der Waals surface area contributed by atoms with E-state index in [9.17, 15) is 0 Å². The maximum Gasteiger partial charge on any atom is -0.0379 e. The number of hydrogen-bond donors (Lipinski definition) is 0. The second-order valence-electron chi connectivity index (χ2n) is 5.04. The summed E-state index contributed by atoms with van der Waals surface area (Å²) >= 11 is 0. The molecular formula is C17H36. The van der Waals surface area contributed by atoms with Gasteiger partial charge in [0.2, 0.25) is 0 Å². The van der Waals surface area contributed by atoms with Crippen LogP contribution in [0.25, 0.3) is 0 Å². The van der Waals surface area contributed by atoms with Gasteiger partial charge in [-0.1, -0.05) is 73.0 Å². The first-order valence-corrected chi connectivity index (χ1v) is 7.76. The van der Waals surface area contributed by atoms with E-state index in [0.717, 1.165) is 24.2 Å². The van der Waals surface area contributed by atoms with Crippen molar-refractivity contribution in [2.24, 2.45) is 17.8 Å². The molecule has 0 nitrogen and oxygen atoms in total. The van der Waals surface area contributed by atoms with Gasteiger partial charge in [-0.2, -0.15) is 0 Å². The summed E-state index contributed by atoms with van der Waals surface area (Å²) in [6.07, 6.45) is 11.2. The molecule has 0 aliphatic heterocycles. The standard InChI is InChI=1S/C10H20.C5H10.C2H6/c1-4-10-7-8(2)5-6-9(10)3;1-3-5-4-2;1-2/h8-10H,4-7H2,1-3H3;3,5H,4H2,1-2H3;1-2H3/b;5-3+;. The van der Waals surface area contributed by atoms with Crippen LogP contribution in [-0.4, -0.2) is 0 Å². The highest BCUT2D eigenvalue weighted by Gasteiger charge is 2.23. The molecule has 0 aromatic carbocycles. The summed E-state index contributed by atoms with van der Waals surface area (Å²) in [7, 11) is 0. The summed E-state index contributed by atoms with van der Waals surface area (Å²) < 4.78 is 0. The predicted octanol–water partition coefficient (Wildman–Crippen LogP) is 6.47. The Labute approximate surface area is 111 Å². The first-order valence-electron chi connectivity index (χ1n) is 7.76. The van der Waals surface area contributed by atoms with Crippen LogP contribution in [-0.2, 0) is 0 Å². The van der Waals surface area contributed by atoms with Gasteiger partial charge in [-0.05, 0) is 37.5 Å². The minimum atomic E-state index is 1.00. The van der Waals surface area contributed by atoms with Gasteiger partial charge in [0, 0.05) is 0 Å². The lowest BCUT2D eigenvalue weighted by molar-refractivity contribution is 0.198. The van der Waals surface area contributed by atoms with E-state index in [1.54, 1.807) is 0 Å². The van der Waals surface area contributed by atoms with Crippen molar-refractivity contribution in [2.45, 2.75) is 80.6 Å². The topological polar surface area (TPSA) is 0 Å². The van der Waals surface area contributed by atoms with Gasteiger partial charge >= 0.3 is 0 Å². The average molecular weight is 240 g/mol. The monoisotopic (exact) mass is 240 g/mol. The van der Waals surface area contributed by atoms with E-state index in [-0.39, 0.29) is 0 Å². The van der Waals surface area contributed by atoms with Crippen LogP contribution >= 0.6 is 0 Å². The number of allylic oxidation sites excluding steroid dienone is 2. The van der Waals surface area contributed by atoms with Gasteiger partial charge in [0.15, 0.2) is 0 Å². The zero-order chi connectivity index (χ0) is 13.7. The van der Waals surface area contributed by atoms with E-state index in [0.29, 0.717) is 0 Å². The minimum absolute atomic E-state index is 1.00. The molecule has 1 fully saturated rings. The van der Waals surface area contributed by atoms with Crippen molar-refractivity contribution in [1.29, 1.82) is 0 Å². The summed E-state index contributed by atoms with van der Waals surface area (Å²) in [5, 5.41) is 0. The molecule has 0 heteroatoms. The zero-order valence-corrected chi connectivity index (χ0v) is 13.4. The molecule has 0 aromatic rings. The molecule has 0 aromatic heterocycles. The SMILES string of the molecule is C/C=C/CC.CC.CCC1CC(C)CCC1C. The average Bonchev–Trinajstić information content (AvgIpc) is 2.36. The van der Waals surface area contributed by atoms with Crippen LogP contribution in [0.5, 0.6) is 0 Å². The lowest BCUT2D eigenvalue weighted by Gasteiger charge is -2.31. The molecule has 0 saturated heterocycles. The fourth-order valence-electron chi connectivity index (χ4n) is 2.45. The molecule has 1 aliphatic carbocycles. The summed E-state index contributed by atoms with van der Waals surface area (Å²) in [6.45, 7) is 15.3. The summed E-state index contributed by atoms with van der Waals surface area (Å²) in [6, 6.07) is 0. The van der Waals surface area contributed by atoms with Crippen LogP contribution in [0.4, 0.5) is 0 Å². The fraction of sp³-hybridized carbons (Fsp3) is 0.882. The van der Waals surface area contributed by atoms with E-state index < -0.39 is 0 Å². The van der Waals surface area contributed by atoms with Gasteiger partial charge in [0.05, 0.1) is 0 Å². The molecule has 0 amide bonds. The lowest BCUT2D eigenvalue weighted by Crippen LogP contribution is -2.20. The van der Waals surface area contributed by atoms with Crippen molar-refractivity contribution in [3.63, 3.8) is 0 Å².